The van der Waals surface area contributed by atoms with Crippen LogP contribution in [0.25, 0.3) is 0 Å². The maximum Gasteiger partial charge on any atom is 0.242 e. The third-order valence-corrected chi connectivity index (χ3v) is 2.86. The standard InChI is InChI=1S/C10H16ClNOSi/c1-7-5-10(13-14(2,3)4)8(11)6-9(7)12/h5-6H,12H2,1-4H3. The predicted molar refractivity (Wildman–Crippen MR) is 64.6 cm³/mol. The summed E-state index contributed by atoms with van der Waals surface area (Å²) in [6, 6.07) is 3.64. The lowest BCUT2D eigenvalue weighted by Crippen LogP contribution is -2.29. The van der Waals surface area contributed by atoms with E-state index < -0.39 is 8.32 Å². The molecule has 1 aromatic rings. The Bertz CT molecular complexity index is 347. The lowest BCUT2D eigenvalue weighted by Gasteiger charge is -2.20. The van der Waals surface area contributed by atoms with E-state index >= 15 is 0 Å². The number of hydrogen-bond acceptors (Lipinski definition) is 2. The molecule has 0 radical (unpaired) electrons. The third-order valence-electron chi connectivity index (χ3n) is 1.74. The fourth-order valence-electron chi connectivity index (χ4n) is 1.08. The van der Waals surface area contributed by atoms with Gasteiger partial charge >= 0.3 is 0 Å². The van der Waals surface area contributed by atoms with Crippen molar-refractivity contribution in [2.24, 2.45) is 0 Å². The Morgan fingerprint density at radius 2 is 1.86 bits per heavy atom. The van der Waals surface area contributed by atoms with Gasteiger partial charge < -0.3 is 10.2 Å². The van der Waals surface area contributed by atoms with Gasteiger partial charge in [-0.2, -0.15) is 0 Å². The van der Waals surface area contributed by atoms with Gasteiger partial charge in [0.05, 0.1) is 5.02 Å². The van der Waals surface area contributed by atoms with Crippen LogP contribution in [-0.4, -0.2) is 8.32 Å². The fourth-order valence-corrected chi connectivity index (χ4v) is 2.18. The Balaban J connectivity index is 3.04. The first-order valence-corrected chi connectivity index (χ1v) is 8.33. The summed E-state index contributed by atoms with van der Waals surface area (Å²) in [7, 11) is -1.60. The number of halogens is 1. The van der Waals surface area contributed by atoms with Crippen LogP contribution in [0.5, 0.6) is 5.75 Å². The molecule has 2 N–H and O–H groups in total. The molecule has 1 aromatic carbocycles. The summed E-state index contributed by atoms with van der Waals surface area (Å²) in [5.41, 5.74) is 7.43. The third kappa shape index (κ3) is 2.92. The highest BCUT2D eigenvalue weighted by atomic mass is 35.5. The number of nitrogen functional groups attached to an aromatic ring is 1. The van der Waals surface area contributed by atoms with Crippen molar-refractivity contribution in [3.05, 3.63) is 22.7 Å². The van der Waals surface area contributed by atoms with Gasteiger partial charge in [-0.3, -0.25) is 0 Å². The van der Waals surface area contributed by atoms with Crippen LogP contribution in [0.15, 0.2) is 12.1 Å². The average molecular weight is 230 g/mol. The van der Waals surface area contributed by atoms with E-state index in [1.807, 2.05) is 13.0 Å². The summed E-state index contributed by atoms with van der Waals surface area (Å²) in [5, 5.41) is 0.593. The number of anilines is 1. The Kier molecular flexibility index (Phi) is 3.12. The molecule has 4 heteroatoms. The summed E-state index contributed by atoms with van der Waals surface area (Å²) in [4.78, 5) is 0. The van der Waals surface area contributed by atoms with Crippen molar-refractivity contribution in [3.8, 4) is 5.75 Å². The molecule has 0 aliphatic heterocycles. The van der Waals surface area contributed by atoms with Crippen LogP contribution in [0.2, 0.25) is 24.7 Å². The largest absolute Gasteiger partial charge is 0.543 e. The molecule has 0 aliphatic carbocycles. The second-order valence-electron chi connectivity index (χ2n) is 4.35. The van der Waals surface area contributed by atoms with E-state index in [2.05, 4.69) is 19.6 Å². The van der Waals surface area contributed by atoms with Crippen LogP contribution in [-0.2, 0) is 0 Å². The summed E-state index contributed by atoms with van der Waals surface area (Å²) in [6.45, 7) is 8.31. The first-order chi connectivity index (χ1) is 6.29. The summed E-state index contributed by atoms with van der Waals surface area (Å²) >= 11 is 6.02. The molecule has 0 amide bonds. The Labute approximate surface area is 91.2 Å². The van der Waals surface area contributed by atoms with Crippen LogP contribution >= 0.6 is 11.6 Å². The Morgan fingerprint density at radius 3 is 2.36 bits per heavy atom. The van der Waals surface area contributed by atoms with E-state index in [4.69, 9.17) is 21.8 Å². The zero-order chi connectivity index (χ0) is 10.9. The first-order valence-electron chi connectivity index (χ1n) is 4.54. The number of benzene rings is 1. The Hall–Kier alpha value is -0.673. The van der Waals surface area contributed by atoms with E-state index in [0.717, 1.165) is 11.3 Å². The summed E-state index contributed by atoms with van der Waals surface area (Å²) < 4.78 is 5.82. The highest BCUT2D eigenvalue weighted by Gasteiger charge is 2.18. The van der Waals surface area contributed by atoms with Crippen molar-refractivity contribution in [1.29, 1.82) is 0 Å². The molecule has 2 nitrogen and oxygen atoms in total. The normalized spacial score (nSPS) is 11.5. The maximum absolute atomic E-state index is 6.02. The molecule has 0 aromatic heterocycles. The summed E-state index contributed by atoms with van der Waals surface area (Å²) in [5.74, 6) is 0.748. The zero-order valence-electron chi connectivity index (χ0n) is 9.02. The monoisotopic (exact) mass is 229 g/mol. The van der Waals surface area contributed by atoms with Crippen molar-refractivity contribution < 1.29 is 4.43 Å². The smallest absolute Gasteiger partial charge is 0.242 e. The molecular weight excluding hydrogens is 214 g/mol. The van der Waals surface area contributed by atoms with E-state index in [0.29, 0.717) is 10.7 Å². The van der Waals surface area contributed by atoms with Crippen molar-refractivity contribution in [1.82, 2.24) is 0 Å². The van der Waals surface area contributed by atoms with Crippen molar-refractivity contribution in [2.45, 2.75) is 26.6 Å². The number of aryl methyl sites for hydroxylation is 1. The van der Waals surface area contributed by atoms with E-state index in [9.17, 15) is 0 Å². The van der Waals surface area contributed by atoms with E-state index in [1.54, 1.807) is 6.07 Å². The van der Waals surface area contributed by atoms with Crippen LogP contribution in [0, 0.1) is 6.92 Å². The van der Waals surface area contributed by atoms with Gasteiger partial charge in [-0.25, -0.2) is 0 Å². The fraction of sp³-hybridized carbons (Fsp3) is 0.400. The molecule has 0 fully saturated rings. The molecule has 0 bridgehead atoms. The summed E-state index contributed by atoms with van der Waals surface area (Å²) in [6.07, 6.45) is 0. The minimum Gasteiger partial charge on any atom is -0.543 e. The minimum absolute atomic E-state index is 0.593. The molecule has 0 unspecified atom stereocenters. The molecule has 0 aliphatic rings. The number of rotatable bonds is 2. The molecule has 14 heavy (non-hydrogen) atoms. The van der Waals surface area contributed by atoms with Crippen molar-refractivity contribution in [3.63, 3.8) is 0 Å². The lowest BCUT2D eigenvalue weighted by atomic mass is 10.2. The van der Waals surface area contributed by atoms with Crippen LogP contribution in [0.4, 0.5) is 5.69 Å². The second-order valence-corrected chi connectivity index (χ2v) is 9.19. The SMILES string of the molecule is Cc1cc(O[Si](C)(C)C)c(Cl)cc1N. The lowest BCUT2D eigenvalue weighted by molar-refractivity contribution is 0.557. The van der Waals surface area contributed by atoms with Gasteiger partial charge in [-0.15, -0.1) is 0 Å². The van der Waals surface area contributed by atoms with Crippen LogP contribution in [0.1, 0.15) is 5.56 Å². The zero-order valence-corrected chi connectivity index (χ0v) is 10.8. The van der Waals surface area contributed by atoms with Gasteiger partial charge in [-0.05, 0) is 44.3 Å². The quantitative estimate of drug-likeness (QED) is 0.623. The Morgan fingerprint density at radius 1 is 1.29 bits per heavy atom. The molecule has 0 atom stereocenters. The number of nitrogens with two attached hydrogens (primary N) is 1. The molecule has 0 saturated heterocycles. The molecule has 0 heterocycles. The first kappa shape index (κ1) is 11.4. The van der Waals surface area contributed by atoms with E-state index in [1.165, 1.54) is 0 Å². The molecule has 78 valence electrons. The van der Waals surface area contributed by atoms with Gasteiger partial charge in [0.25, 0.3) is 0 Å². The topological polar surface area (TPSA) is 35.2 Å². The molecular formula is C10H16ClNOSi. The molecule has 1 rings (SSSR count). The molecule has 0 spiro atoms. The van der Waals surface area contributed by atoms with Crippen LogP contribution in [0.3, 0.4) is 0 Å². The predicted octanol–water partition coefficient (Wildman–Crippen LogP) is 3.44. The van der Waals surface area contributed by atoms with Crippen molar-refractivity contribution in [2.75, 3.05) is 5.73 Å². The second kappa shape index (κ2) is 3.83. The average Bonchev–Trinajstić information content (AvgIpc) is 1.97. The van der Waals surface area contributed by atoms with Crippen LogP contribution < -0.4 is 10.2 Å². The van der Waals surface area contributed by atoms with Gasteiger partial charge in [0.1, 0.15) is 5.75 Å². The highest BCUT2D eigenvalue weighted by Crippen LogP contribution is 2.31. The van der Waals surface area contributed by atoms with Gasteiger partial charge in [0, 0.05) is 5.69 Å². The van der Waals surface area contributed by atoms with Gasteiger partial charge in [-0.1, -0.05) is 11.6 Å². The highest BCUT2D eigenvalue weighted by molar-refractivity contribution is 6.70. The van der Waals surface area contributed by atoms with Crippen molar-refractivity contribution >= 4 is 25.6 Å². The van der Waals surface area contributed by atoms with E-state index in [-0.39, 0.29) is 0 Å². The maximum atomic E-state index is 6.02. The molecule has 0 saturated carbocycles. The van der Waals surface area contributed by atoms with Gasteiger partial charge in [0.2, 0.25) is 8.32 Å². The van der Waals surface area contributed by atoms with Gasteiger partial charge in [0.15, 0.2) is 0 Å². The number of hydrogen-bond donors (Lipinski definition) is 1. The minimum atomic E-state index is -1.60.